The Kier molecular flexibility index (Phi) is 5.20. The molecule has 1 rings (SSSR count). The fourth-order valence-electron chi connectivity index (χ4n) is 1.24. The molecule has 1 aromatic rings. The molecule has 0 amide bonds. The minimum Gasteiger partial charge on any atom is -0.395 e. The largest absolute Gasteiger partial charge is 0.395 e. The third-order valence-electron chi connectivity index (χ3n) is 2.24. The zero-order chi connectivity index (χ0) is 12.8. The highest BCUT2D eigenvalue weighted by atomic mass is 32.2. The minimum absolute atomic E-state index is 0.0382. The fourth-order valence-corrected chi connectivity index (χ4v) is 2.05. The maximum absolute atomic E-state index is 10.7. The van der Waals surface area contributed by atoms with Crippen LogP contribution in [0.25, 0.3) is 0 Å². The first-order chi connectivity index (χ1) is 8.08. The van der Waals surface area contributed by atoms with E-state index in [4.69, 9.17) is 10.9 Å². The highest BCUT2D eigenvalue weighted by molar-refractivity contribution is 7.99. The summed E-state index contributed by atoms with van der Waals surface area (Å²) in [5, 5.41) is 19.7. The van der Waals surface area contributed by atoms with E-state index < -0.39 is 4.92 Å². The molecule has 7 heteroatoms. The van der Waals surface area contributed by atoms with Crippen molar-refractivity contribution in [1.82, 2.24) is 0 Å². The molecule has 0 heterocycles. The number of nitrogens with one attached hydrogen (secondary N) is 1. The number of non-ortho nitro benzene ring substituents is 1. The van der Waals surface area contributed by atoms with Crippen LogP contribution in [0.5, 0.6) is 0 Å². The number of nitrogens with two attached hydrogens (primary N) is 1. The smallest absolute Gasteiger partial charge is 0.269 e. The van der Waals surface area contributed by atoms with Gasteiger partial charge in [-0.1, -0.05) is 6.92 Å². The zero-order valence-corrected chi connectivity index (χ0v) is 10.2. The number of anilines is 1. The van der Waals surface area contributed by atoms with E-state index in [0.29, 0.717) is 11.4 Å². The molecule has 6 nitrogen and oxygen atoms in total. The van der Waals surface area contributed by atoms with Crippen molar-refractivity contribution < 1.29 is 10.0 Å². The Morgan fingerprint density at radius 2 is 2.35 bits per heavy atom. The Labute approximate surface area is 103 Å². The van der Waals surface area contributed by atoms with Crippen LogP contribution >= 0.6 is 11.8 Å². The average Bonchev–Trinajstić information content (AvgIpc) is 2.35. The number of nitro groups is 1. The Morgan fingerprint density at radius 3 is 2.88 bits per heavy atom. The number of hydrogen-bond acceptors (Lipinski definition) is 6. The summed E-state index contributed by atoms with van der Waals surface area (Å²) in [6.07, 6.45) is 0. The molecule has 0 aliphatic rings. The van der Waals surface area contributed by atoms with E-state index in [-0.39, 0.29) is 17.5 Å². The van der Waals surface area contributed by atoms with Crippen molar-refractivity contribution in [3.63, 3.8) is 0 Å². The van der Waals surface area contributed by atoms with Crippen LogP contribution in [0.4, 0.5) is 11.4 Å². The predicted molar refractivity (Wildman–Crippen MR) is 68.7 cm³/mol. The maximum atomic E-state index is 10.7. The standard InChI is InChI=1S/C10H15N3O3S/c1-7(5-14)17-6-8-4-9(13(15)16)2-3-10(8)12-11/h2-4,7,12,14H,5-6,11H2,1H3. The summed E-state index contributed by atoms with van der Waals surface area (Å²) in [4.78, 5) is 10.2. The van der Waals surface area contributed by atoms with E-state index in [0.717, 1.165) is 5.56 Å². The molecule has 4 N–H and O–H groups in total. The van der Waals surface area contributed by atoms with Gasteiger partial charge in [0.05, 0.1) is 17.2 Å². The molecule has 0 aromatic heterocycles. The number of hydrazine groups is 1. The van der Waals surface area contributed by atoms with Crippen molar-refractivity contribution in [3.8, 4) is 0 Å². The second kappa shape index (κ2) is 6.43. The molecule has 0 saturated carbocycles. The number of nitro benzene ring substituents is 1. The number of aliphatic hydroxyl groups is 1. The van der Waals surface area contributed by atoms with Gasteiger partial charge in [-0.05, 0) is 11.6 Å². The van der Waals surface area contributed by atoms with Crippen molar-refractivity contribution in [2.45, 2.75) is 17.9 Å². The monoisotopic (exact) mass is 257 g/mol. The molecule has 1 unspecified atom stereocenters. The number of nitrogens with zero attached hydrogens (tertiary/aromatic N) is 1. The van der Waals surface area contributed by atoms with Crippen LogP contribution in [0.2, 0.25) is 0 Å². The normalized spacial score (nSPS) is 12.2. The van der Waals surface area contributed by atoms with Crippen LogP contribution in [0.1, 0.15) is 12.5 Å². The lowest BCUT2D eigenvalue weighted by Crippen LogP contribution is -2.10. The number of benzene rings is 1. The van der Waals surface area contributed by atoms with Crippen LogP contribution in [-0.4, -0.2) is 21.9 Å². The molecule has 1 atom stereocenters. The van der Waals surface area contributed by atoms with Crippen molar-refractivity contribution in [3.05, 3.63) is 33.9 Å². The van der Waals surface area contributed by atoms with Gasteiger partial charge in [-0.25, -0.2) is 0 Å². The number of thioether (sulfide) groups is 1. The summed E-state index contributed by atoms with van der Waals surface area (Å²) in [6, 6.07) is 4.47. The number of aliphatic hydroxyl groups excluding tert-OH is 1. The number of hydrogen-bond donors (Lipinski definition) is 3. The van der Waals surface area contributed by atoms with E-state index in [9.17, 15) is 10.1 Å². The SMILES string of the molecule is CC(CO)SCc1cc([N+](=O)[O-])ccc1NN. The Hall–Kier alpha value is -1.31. The van der Waals surface area contributed by atoms with Gasteiger partial charge in [0.1, 0.15) is 0 Å². The Balaban J connectivity index is 2.86. The molecule has 0 spiro atoms. The third kappa shape index (κ3) is 3.88. The van der Waals surface area contributed by atoms with Crippen LogP contribution in [0.3, 0.4) is 0 Å². The quantitative estimate of drug-likeness (QED) is 0.405. The van der Waals surface area contributed by atoms with Gasteiger partial charge in [0, 0.05) is 23.1 Å². The van der Waals surface area contributed by atoms with Gasteiger partial charge in [0.15, 0.2) is 0 Å². The van der Waals surface area contributed by atoms with Crippen molar-refractivity contribution >= 4 is 23.1 Å². The average molecular weight is 257 g/mol. The predicted octanol–water partition coefficient (Wildman–Crippen LogP) is 1.49. The summed E-state index contributed by atoms with van der Waals surface area (Å²) in [5.41, 5.74) is 3.96. The molecular formula is C10H15N3O3S. The van der Waals surface area contributed by atoms with Gasteiger partial charge >= 0.3 is 0 Å². The molecule has 94 valence electrons. The molecule has 1 aromatic carbocycles. The molecule has 0 saturated heterocycles. The lowest BCUT2D eigenvalue weighted by molar-refractivity contribution is -0.384. The zero-order valence-electron chi connectivity index (χ0n) is 9.42. The lowest BCUT2D eigenvalue weighted by atomic mass is 10.2. The van der Waals surface area contributed by atoms with Crippen LogP contribution in [0, 0.1) is 10.1 Å². The molecule has 0 radical (unpaired) electrons. The van der Waals surface area contributed by atoms with E-state index in [1.165, 1.54) is 23.9 Å². The van der Waals surface area contributed by atoms with Gasteiger partial charge in [0.2, 0.25) is 0 Å². The van der Waals surface area contributed by atoms with Crippen molar-refractivity contribution in [1.29, 1.82) is 0 Å². The van der Waals surface area contributed by atoms with E-state index in [1.807, 2.05) is 6.92 Å². The van der Waals surface area contributed by atoms with Crippen molar-refractivity contribution in [2.75, 3.05) is 12.0 Å². The van der Waals surface area contributed by atoms with Gasteiger partial charge in [-0.15, -0.1) is 0 Å². The first-order valence-corrected chi connectivity index (χ1v) is 6.09. The number of rotatable bonds is 6. The van der Waals surface area contributed by atoms with E-state index in [1.54, 1.807) is 6.07 Å². The fraction of sp³-hybridized carbons (Fsp3) is 0.400. The first-order valence-electron chi connectivity index (χ1n) is 5.05. The third-order valence-corrected chi connectivity index (χ3v) is 3.43. The Bertz CT molecular complexity index is 400. The molecular weight excluding hydrogens is 242 g/mol. The van der Waals surface area contributed by atoms with E-state index >= 15 is 0 Å². The summed E-state index contributed by atoms with van der Waals surface area (Å²) in [7, 11) is 0. The first kappa shape index (κ1) is 13.8. The molecule has 0 aliphatic carbocycles. The van der Waals surface area contributed by atoms with Gasteiger partial charge < -0.3 is 10.5 Å². The van der Waals surface area contributed by atoms with Gasteiger partial charge in [-0.3, -0.25) is 16.0 Å². The van der Waals surface area contributed by atoms with Crippen LogP contribution < -0.4 is 11.3 Å². The summed E-state index contributed by atoms with van der Waals surface area (Å²) in [6.45, 7) is 1.96. The van der Waals surface area contributed by atoms with Crippen molar-refractivity contribution in [2.24, 2.45) is 5.84 Å². The van der Waals surface area contributed by atoms with E-state index in [2.05, 4.69) is 5.43 Å². The Morgan fingerprint density at radius 1 is 1.65 bits per heavy atom. The summed E-state index contributed by atoms with van der Waals surface area (Å²) < 4.78 is 0. The lowest BCUT2D eigenvalue weighted by Gasteiger charge is -2.11. The summed E-state index contributed by atoms with van der Waals surface area (Å²) >= 11 is 1.51. The number of nitrogen functional groups attached to an aromatic ring is 1. The van der Waals surface area contributed by atoms with Crippen LogP contribution in [0.15, 0.2) is 18.2 Å². The highest BCUT2D eigenvalue weighted by Gasteiger charge is 2.11. The topological polar surface area (TPSA) is 101 Å². The molecule has 17 heavy (non-hydrogen) atoms. The molecule has 0 bridgehead atoms. The minimum atomic E-state index is -0.441. The molecule has 0 fully saturated rings. The maximum Gasteiger partial charge on any atom is 0.269 e. The van der Waals surface area contributed by atoms with Crippen LogP contribution in [-0.2, 0) is 5.75 Å². The van der Waals surface area contributed by atoms with Gasteiger partial charge in [0.25, 0.3) is 5.69 Å². The second-order valence-corrected chi connectivity index (χ2v) is 4.97. The second-order valence-electron chi connectivity index (χ2n) is 3.55. The van der Waals surface area contributed by atoms with Gasteiger partial charge in [-0.2, -0.15) is 11.8 Å². The highest BCUT2D eigenvalue weighted by Crippen LogP contribution is 2.26. The molecule has 0 aliphatic heterocycles. The summed E-state index contributed by atoms with van der Waals surface area (Å²) in [5.74, 6) is 5.90.